The van der Waals surface area contributed by atoms with E-state index in [0.717, 1.165) is 15.9 Å². The van der Waals surface area contributed by atoms with Crippen molar-refractivity contribution in [2.24, 2.45) is 5.73 Å². The van der Waals surface area contributed by atoms with Crippen molar-refractivity contribution in [2.45, 2.75) is 12.3 Å². The molecule has 0 fully saturated rings. The lowest BCUT2D eigenvalue weighted by atomic mass is 9.89. The van der Waals surface area contributed by atoms with Crippen LogP contribution in [0, 0.1) is 0 Å². The maximum absolute atomic E-state index is 5.93. The van der Waals surface area contributed by atoms with Gasteiger partial charge in [-0.2, -0.15) is 0 Å². The number of nitrogens with two attached hydrogens (primary N) is 1. The maximum atomic E-state index is 5.93. The van der Waals surface area contributed by atoms with Crippen LogP contribution >= 0.6 is 27.5 Å². The Morgan fingerprint density at radius 3 is 1.94 bits per heavy atom. The summed E-state index contributed by atoms with van der Waals surface area (Å²) >= 11 is 9.39. The summed E-state index contributed by atoms with van der Waals surface area (Å²) in [6, 6.07) is 16.4. The normalized spacial score (nSPS) is 12.4. The number of hydrogen-bond donors (Lipinski definition) is 1. The van der Waals surface area contributed by atoms with Gasteiger partial charge >= 0.3 is 0 Å². The van der Waals surface area contributed by atoms with Crippen molar-refractivity contribution < 1.29 is 0 Å². The van der Waals surface area contributed by atoms with Crippen LogP contribution in [0.4, 0.5) is 0 Å². The largest absolute Gasteiger partial charge is 0.330 e. The van der Waals surface area contributed by atoms with E-state index in [9.17, 15) is 0 Å². The highest BCUT2D eigenvalue weighted by Crippen LogP contribution is 2.29. The standard InChI is InChI=1S/C15H15BrClN/c16-13-5-1-11(2-6-13)15(9-10-18)12-3-7-14(17)8-4-12/h1-8,15H,9-10,18H2. The van der Waals surface area contributed by atoms with Gasteiger partial charge in [-0.15, -0.1) is 0 Å². The molecule has 94 valence electrons. The van der Waals surface area contributed by atoms with Crippen molar-refractivity contribution in [3.8, 4) is 0 Å². The third-order valence-corrected chi connectivity index (χ3v) is 3.78. The molecule has 18 heavy (non-hydrogen) atoms. The average Bonchev–Trinajstić information content (AvgIpc) is 2.39. The Labute approximate surface area is 121 Å². The van der Waals surface area contributed by atoms with Crippen LogP contribution in [0.25, 0.3) is 0 Å². The van der Waals surface area contributed by atoms with Crippen LogP contribution in [0.2, 0.25) is 5.02 Å². The fraction of sp³-hybridized carbons (Fsp3) is 0.200. The molecule has 0 saturated heterocycles. The fourth-order valence-corrected chi connectivity index (χ4v) is 2.47. The van der Waals surface area contributed by atoms with Gasteiger partial charge in [-0.1, -0.05) is 51.8 Å². The zero-order valence-electron chi connectivity index (χ0n) is 9.94. The third-order valence-electron chi connectivity index (χ3n) is 3.00. The molecule has 0 heterocycles. The molecular formula is C15H15BrClN. The summed E-state index contributed by atoms with van der Waals surface area (Å²) in [6.07, 6.45) is 0.934. The summed E-state index contributed by atoms with van der Waals surface area (Å²) in [7, 11) is 0. The predicted octanol–water partition coefficient (Wildman–Crippen LogP) is 4.58. The molecule has 0 spiro atoms. The Morgan fingerprint density at radius 1 is 0.944 bits per heavy atom. The lowest BCUT2D eigenvalue weighted by molar-refractivity contribution is 0.726. The first-order valence-electron chi connectivity index (χ1n) is 5.91. The highest BCUT2D eigenvalue weighted by atomic mass is 79.9. The van der Waals surface area contributed by atoms with Crippen molar-refractivity contribution in [1.82, 2.24) is 0 Å². The molecule has 2 N–H and O–H groups in total. The number of hydrogen-bond acceptors (Lipinski definition) is 1. The van der Waals surface area contributed by atoms with Gasteiger partial charge in [0.05, 0.1) is 0 Å². The number of benzene rings is 2. The van der Waals surface area contributed by atoms with Gasteiger partial charge in [0, 0.05) is 15.4 Å². The minimum absolute atomic E-state index is 0.334. The fourth-order valence-electron chi connectivity index (χ4n) is 2.08. The zero-order chi connectivity index (χ0) is 13.0. The molecule has 0 saturated carbocycles. The molecule has 1 atom stereocenters. The van der Waals surface area contributed by atoms with E-state index in [1.54, 1.807) is 0 Å². The second-order valence-corrected chi connectivity index (χ2v) is 5.59. The molecule has 0 amide bonds. The highest BCUT2D eigenvalue weighted by Gasteiger charge is 2.13. The van der Waals surface area contributed by atoms with Gasteiger partial charge in [-0.3, -0.25) is 0 Å². The van der Waals surface area contributed by atoms with Gasteiger partial charge in [0.15, 0.2) is 0 Å². The predicted molar refractivity (Wildman–Crippen MR) is 81.1 cm³/mol. The molecule has 0 aromatic heterocycles. The molecule has 0 bridgehead atoms. The summed E-state index contributed by atoms with van der Waals surface area (Å²) in [6.45, 7) is 0.670. The number of halogens is 2. The summed E-state index contributed by atoms with van der Waals surface area (Å²) in [5.41, 5.74) is 8.27. The SMILES string of the molecule is NCCC(c1ccc(Cl)cc1)c1ccc(Br)cc1. The van der Waals surface area contributed by atoms with E-state index in [1.807, 2.05) is 12.1 Å². The van der Waals surface area contributed by atoms with Gasteiger partial charge in [0.2, 0.25) is 0 Å². The second kappa shape index (κ2) is 6.37. The van der Waals surface area contributed by atoms with Crippen LogP contribution in [-0.2, 0) is 0 Å². The summed E-state index contributed by atoms with van der Waals surface area (Å²) in [5.74, 6) is 0.334. The Bertz CT molecular complexity index is 447. The molecule has 0 aliphatic heterocycles. The quantitative estimate of drug-likeness (QED) is 0.875. The first kappa shape index (κ1) is 13.6. The molecule has 1 nitrogen and oxygen atoms in total. The molecule has 2 aromatic rings. The smallest absolute Gasteiger partial charge is 0.0406 e. The van der Waals surface area contributed by atoms with Gasteiger partial charge < -0.3 is 5.73 Å². The topological polar surface area (TPSA) is 26.0 Å². The third kappa shape index (κ3) is 3.35. The molecule has 1 unspecified atom stereocenters. The second-order valence-electron chi connectivity index (χ2n) is 4.23. The van der Waals surface area contributed by atoms with E-state index in [4.69, 9.17) is 17.3 Å². The Hall–Kier alpha value is -0.830. The molecule has 2 rings (SSSR count). The van der Waals surface area contributed by atoms with Gasteiger partial charge in [0.1, 0.15) is 0 Å². The lowest BCUT2D eigenvalue weighted by Gasteiger charge is -2.17. The van der Waals surface area contributed by atoms with Crippen LogP contribution in [-0.4, -0.2) is 6.54 Å². The van der Waals surface area contributed by atoms with E-state index in [1.165, 1.54) is 11.1 Å². The highest BCUT2D eigenvalue weighted by molar-refractivity contribution is 9.10. The van der Waals surface area contributed by atoms with Crippen molar-refractivity contribution in [1.29, 1.82) is 0 Å². The number of rotatable bonds is 4. The van der Waals surface area contributed by atoms with Crippen molar-refractivity contribution >= 4 is 27.5 Å². The van der Waals surface area contributed by atoms with Crippen LogP contribution in [0.3, 0.4) is 0 Å². The summed E-state index contributed by atoms with van der Waals surface area (Å²) in [5, 5.41) is 0.765. The summed E-state index contributed by atoms with van der Waals surface area (Å²) in [4.78, 5) is 0. The Kier molecular flexibility index (Phi) is 4.81. The summed E-state index contributed by atoms with van der Waals surface area (Å²) < 4.78 is 1.09. The monoisotopic (exact) mass is 323 g/mol. The van der Waals surface area contributed by atoms with Crippen LogP contribution in [0.15, 0.2) is 53.0 Å². The minimum atomic E-state index is 0.334. The molecular weight excluding hydrogens is 310 g/mol. The van der Waals surface area contributed by atoms with Gasteiger partial charge in [-0.05, 0) is 48.4 Å². The zero-order valence-corrected chi connectivity index (χ0v) is 12.3. The van der Waals surface area contributed by atoms with E-state index in [-0.39, 0.29) is 0 Å². The van der Waals surface area contributed by atoms with Crippen LogP contribution in [0.1, 0.15) is 23.5 Å². The van der Waals surface area contributed by atoms with Crippen molar-refractivity contribution in [3.05, 3.63) is 69.2 Å². The molecule has 0 aliphatic rings. The van der Waals surface area contributed by atoms with E-state index >= 15 is 0 Å². The van der Waals surface area contributed by atoms with E-state index < -0.39 is 0 Å². The van der Waals surface area contributed by atoms with Crippen molar-refractivity contribution in [3.63, 3.8) is 0 Å². The average molecular weight is 325 g/mol. The molecule has 2 aromatic carbocycles. The van der Waals surface area contributed by atoms with E-state index in [0.29, 0.717) is 12.5 Å². The molecule has 0 aliphatic carbocycles. The first-order chi connectivity index (χ1) is 8.70. The van der Waals surface area contributed by atoms with Crippen molar-refractivity contribution in [2.75, 3.05) is 6.54 Å². The molecule has 0 radical (unpaired) electrons. The van der Waals surface area contributed by atoms with Gasteiger partial charge in [-0.25, -0.2) is 0 Å². The van der Waals surface area contributed by atoms with Gasteiger partial charge in [0.25, 0.3) is 0 Å². The maximum Gasteiger partial charge on any atom is 0.0406 e. The minimum Gasteiger partial charge on any atom is -0.330 e. The van der Waals surface area contributed by atoms with Crippen LogP contribution < -0.4 is 5.73 Å². The van der Waals surface area contributed by atoms with E-state index in [2.05, 4.69) is 52.3 Å². The molecule has 3 heteroatoms. The first-order valence-corrected chi connectivity index (χ1v) is 7.09. The lowest BCUT2D eigenvalue weighted by Crippen LogP contribution is -2.08. The Morgan fingerprint density at radius 2 is 1.44 bits per heavy atom. The Balaban J connectivity index is 2.33. The van der Waals surface area contributed by atoms with Crippen LogP contribution in [0.5, 0.6) is 0 Å².